The molecule has 0 aliphatic rings. The quantitative estimate of drug-likeness (QED) is 0.474. The number of nitrogens with one attached hydrogen (secondary N) is 1. The fourth-order valence-electron chi connectivity index (χ4n) is 2.97. The van der Waals surface area contributed by atoms with Gasteiger partial charge in [-0.3, -0.25) is 0 Å². The van der Waals surface area contributed by atoms with E-state index in [9.17, 15) is 0 Å². The third kappa shape index (κ3) is 4.63. The van der Waals surface area contributed by atoms with Crippen molar-refractivity contribution < 1.29 is 0 Å². The van der Waals surface area contributed by atoms with Gasteiger partial charge < -0.3 is 10.2 Å². The summed E-state index contributed by atoms with van der Waals surface area (Å²) >= 11 is 0. The SMILES string of the molecule is C#CCCCC(NCCC)C(CC)(CC)N(C)C. The molecule has 2 heteroatoms. The van der Waals surface area contributed by atoms with Crippen LogP contribution < -0.4 is 5.32 Å². The highest BCUT2D eigenvalue weighted by atomic mass is 15.2. The topological polar surface area (TPSA) is 15.3 Å². The summed E-state index contributed by atoms with van der Waals surface area (Å²) in [6.45, 7) is 7.91. The zero-order valence-electron chi connectivity index (χ0n) is 13.1. The average molecular weight is 252 g/mol. The summed E-state index contributed by atoms with van der Waals surface area (Å²) in [4.78, 5) is 2.40. The molecule has 0 amide bonds. The van der Waals surface area contributed by atoms with Crippen LogP contribution in [0.4, 0.5) is 0 Å². The van der Waals surface area contributed by atoms with Crippen LogP contribution in [-0.2, 0) is 0 Å². The minimum Gasteiger partial charge on any atom is -0.312 e. The van der Waals surface area contributed by atoms with Crippen molar-refractivity contribution in [1.82, 2.24) is 10.2 Å². The Labute approximate surface area is 115 Å². The van der Waals surface area contributed by atoms with Gasteiger partial charge >= 0.3 is 0 Å². The molecule has 106 valence electrons. The van der Waals surface area contributed by atoms with Crippen LogP contribution in [0.15, 0.2) is 0 Å². The Morgan fingerprint density at radius 1 is 1.22 bits per heavy atom. The second-order valence-electron chi connectivity index (χ2n) is 5.31. The molecule has 0 aromatic carbocycles. The van der Waals surface area contributed by atoms with E-state index in [0.717, 1.165) is 19.4 Å². The zero-order chi connectivity index (χ0) is 14.0. The average Bonchev–Trinajstić information content (AvgIpc) is 2.36. The molecule has 1 unspecified atom stereocenters. The molecular formula is C16H32N2. The van der Waals surface area contributed by atoms with Gasteiger partial charge in [-0.15, -0.1) is 12.3 Å². The van der Waals surface area contributed by atoms with Crippen LogP contribution in [0.5, 0.6) is 0 Å². The molecule has 0 rings (SSSR count). The molecular weight excluding hydrogens is 220 g/mol. The van der Waals surface area contributed by atoms with E-state index in [0.29, 0.717) is 6.04 Å². The maximum Gasteiger partial charge on any atom is 0.0351 e. The van der Waals surface area contributed by atoms with Crippen molar-refractivity contribution in [2.45, 2.75) is 70.9 Å². The Hall–Kier alpha value is -0.520. The first-order chi connectivity index (χ1) is 8.58. The van der Waals surface area contributed by atoms with Gasteiger partial charge in [0.05, 0.1) is 0 Å². The van der Waals surface area contributed by atoms with E-state index in [1.54, 1.807) is 0 Å². The molecule has 1 atom stereocenters. The van der Waals surface area contributed by atoms with E-state index in [4.69, 9.17) is 6.42 Å². The van der Waals surface area contributed by atoms with Crippen LogP contribution in [0.25, 0.3) is 0 Å². The number of rotatable bonds is 10. The highest BCUT2D eigenvalue weighted by Gasteiger charge is 2.36. The highest BCUT2D eigenvalue weighted by Crippen LogP contribution is 2.28. The monoisotopic (exact) mass is 252 g/mol. The molecule has 0 aromatic heterocycles. The van der Waals surface area contributed by atoms with Crippen LogP contribution in [-0.4, -0.2) is 37.1 Å². The van der Waals surface area contributed by atoms with Crippen LogP contribution in [0, 0.1) is 12.3 Å². The predicted octanol–water partition coefficient (Wildman–Crippen LogP) is 3.28. The second kappa shape index (κ2) is 9.42. The minimum atomic E-state index is 0.254. The standard InChI is InChI=1S/C16H32N2/c1-7-11-12-13-15(17-14-8-2)16(9-3,10-4)18(5)6/h1,15,17H,8-14H2,2-6H3. The van der Waals surface area contributed by atoms with E-state index in [1.807, 2.05) is 0 Å². The zero-order valence-corrected chi connectivity index (χ0v) is 13.1. The van der Waals surface area contributed by atoms with Gasteiger partial charge in [0.25, 0.3) is 0 Å². The summed E-state index contributed by atoms with van der Waals surface area (Å²) in [7, 11) is 4.41. The molecule has 1 N–H and O–H groups in total. The lowest BCUT2D eigenvalue weighted by molar-refractivity contribution is 0.0833. The van der Waals surface area contributed by atoms with Crippen molar-refractivity contribution in [2.24, 2.45) is 0 Å². The van der Waals surface area contributed by atoms with Gasteiger partial charge in [0.15, 0.2) is 0 Å². The lowest BCUT2D eigenvalue weighted by atomic mass is 9.80. The number of likely N-dealkylation sites (N-methyl/N-ethyl adjacent to an activating group) is 1. The number of hydrogen-bond donors (Lipinski definition) is 1. The Kier molecular flexibility index (Phi) is 9.14. The van der Waals surface area contributed by atoms with Crippen molar-refractivity contribution in [3.8, 4) is 12.3 Å². The molecule has 0 fully saturated rings. The maximum absolute atomic E-state index is 5.37. The maximum atomic E-state index is 5.37. The van der Waals surface area contributed by atoms with Gasteiger partial charge in [-0.1, -0.05) is 20.8 Å². The molecule has 0 aliphatic carbocycles. The molecule has 0 bridgehead atoms. The molecule has 0 aliphatic heterocycles. The Balaban J connectivity index is 4.80. The van der Waals surface area contributed by atoms with Crippen molar-refractivity contribution >= 4 is 0 Å². The summed E-state index contributed by atoms with van der Waals surface area (Å²) < 4.78 is 0. The minimum absolute atomic E-state index is 0.254. The van der Waals surface area contributed by atoms with Crippen LogP contribution in [0.1, 0.15) is 59.3 Å². The van der Waals surface area contributed by atoms with Gasteiger partial charge in [-0.05, 0) is 52.7 Å². The fraction of sp³-hybridized carbons (Fsp3) is 0.875. The number of nitrogens with zero attached hydrogens (tertiary/aromatic N) is 1. The van der Waals surface area contributed by atoms with Gasteiger partial charge in [0.2, 0.25) is 0 Å². The molecule has 0 aromatic rings. The van der Waals surface area contributed by atoms with Gasteiger partial charge in [-0.2, -0.15) is 0 Å². The van der Waals surface area contributed by atoms with Crippen molar-refractivity contribution in [3.63, 3.8) is 0 Å². The number of unbranched alkanes of at least 4 members (excludes halogenated alkanes) is 1. The summed E-state index contributed by atoms with van der Waals surface area (Å²) in [5.41, 5.74) is 0.254. The number of hydrogen-bond acceptors (Lipinski definition) is 2. The Bertz CT molecular complexity index is 236. The summed E-state index contributed by atoms with van der Waals surface area (Å²) in [5, 5.41) is 3.74. The molecule has 0 radical (unpaired) electrons. The lowest BCUT2D eigenvalue weighted by Crippen LogP contribution is -2.58. The van der Waals surface area contributed by atoms with Crippen LogP contribution in [0.2, 0.25) is 0 Å². The molecule has 0 heterocycles. The number of terminal acetylenes is 1. The van der Waals surface area contributed by atoms with E-state index in [2.05, 4.69) is 51.0 Å². The van der Waals surface area contributed by atoms with Gasteiger partial charge in [0.1, 0.15) is 0 Å². The molecule has 0 spiro atoms. The van der Waals surface area contributed by atoms with E-state index >= 15 is 0 Å². The highest BCUT2D eigenvalue weighted by molar-refractivity contribution is 4.97. The molecule has 0 saturated carbocycles. The van der Waals surface area contributed by atoms with Crippen LogP contribution in [0.3, 0.4) is 0 Å². The first-order valence-corrected chi connectivity index (χ1v) is 7.43. The molecule has 0 saturated heterocycles. The Morgan fingerprint density at radius 3 is 2.22 bits per heavy atom. The lowest BCUT2D eigenvalue weighted by Gasteiger charge is -2.46. The summed E-state index contributed by atoms with van der Waals surface area (Å²) in [6.07, 6.45) is 12.1. The first-order valence-electron chi connectivity index (χ1n) is 7.43. The van der Waals surface area contributed by atoms with Crippen molar-refractivity contribution in [3.05, 3.63) is 0 Å². The first kappa shape index (κ1) is 17.5. The van der Waals surface area contributed by atoms with Crippen molar-refractivity contribution in [2.75, 3.05) is 20.6 Å². The molecule has 18 heavy (non-hydrogen) atoms. The van der Waals surface area contributed by atoms with Crippen molar-refractivity contribution in [1.29, 1.82) is 0 Å². The normalized spacial score (nSPS) is 13.6. The summed E-state index contributed by atoms with van der Waals surface area (Å²) in [6, 6.07) is 0.538. The summed E-state index contributed by atoms with van der Waals surface area (Å²) in [5.74, 6) is 2.75. The van der Waals surface area contributed by atoms with Crippen LogP contribution >= 0.6 is 0 Å². The van der Waals surface area contributed by atoms with E-state index < -0.39 is 0 Å². The van der Waals surface area contributed by atoms with Gasteiger partial charge in [-0.25, -0.2) is 0 Å². The van der Waals surface area contributed by atoms with Gasteiger partial charge in [0, 0.05) is 18.0 Å². The van der Waals surface area contributed by atoms with E-state index in [1.165, 1.54) is 25.7 Å². The molecule has 2 nitrogen and oxygen atoms in total. The van der Waals surface area contributed by atoms with E-state index in [-0.39, 0.29) is 5.54 Å². The predicted molar refractivity (Wildman–Crippen MR) is 81.8 cm³/mol. The smallest absolute Gasteiger partial charge is 0.0351 e. The fourth-order valence-corrected chi connectivity index (χ4v) is 2.97. The Morgan fingerprint density at radius 2 is 1.83 bits per heavy atom. The second-order valence-corrected chi connectivity index (χ2v) is 5.31. The third-order valence-electron chi connectivity index (χ3n) is 4.22. The third-order valence-corrected chi connectivity index (χ3v) is 4.22. The largest absolute Gasteiger partial charge is 0.312 e.